The Morgan fingerprint density at radius 2 is 2.15 bits per heavy atom. The number of anilines is 2. The van der Waals surface area contributed by atoms with Crippen LogP contribution in [0.3, 0.4) is 0 Å². The monoisotopic (exact) mass is 374 g/mol. The molecule has 0 atom stereocenters. The highest BCUT2D eigenvalue weighted by atomic mass is 19.3. The smallest absolute Gasteiger partial charge is 0.477 e. The number of benzene rings is 1. The number of H-pyrrole nitrogens is 1. The Morgan fingerprint density at radius 1 is 1.33 bits per heavy atom. The zero-order valence-corrected chi connectivity index (χ0v) is 13.8. The maximum atomic E-state index is 13.3. The van der Waals surface area contributed by atoms with Gasteiger partial charge in [0.2, 0.25) is 5.95 Å². The SMILES string of the molecule is Cc1cnc(Nc2cccc3c2OC(F)(F)O3)nc1-c1c[nH]c(C(=O)O)c1. The van der Waals surface area contributed by atoms with Crippen molar-refractivity contribution in [2.75, 3.05) is 5.32 Å². The summed E-state index contributed by atoms with van der Waals surface area (Å²) < 4.78 is 35.5. The van der Waals surface area contributed by atoms with Crippen LogP contribution in [0.2, 0.25) is 0 Å². The Labute approximate surface area is 150 Å². The summed E-state index contributed by atoms with van der Waals surface area (Å²) in [4.78, 5) is 22.2. The molecule has 0 fully saturated rings. The zero-order valence-electron chi connectivity index (χ0n) is 13.8. The number of nitrogens with one attached hydrogen (secondary N) is 2. The lowest BCUT2D eigenvalue weighted by Gasteiger charge is -2.10. The maximum Gasteiger partial charge on any atom is 0.586 e. The molecule has 0 radical (unpaired) electrons. The summed E-state index contributed by atoms with van der Waals surface area (Å²) in [7, 11) is 0. The van der Waals surface area contributed by atoms with E-state index in [9.17, 15) is 13.6 Å². The number of ether oxygens (including phenoxy) is 2. The average molecular weight is 374 g/mol. The minimum absolute atomic E-state index is 0.0196. The van der Waals surface area contributed by atoms with Gasteiger partial charge in [0.15, 0.2) is 11.5 Å². The fraction of sp³-hybridized carbons (Fsp3) is 0.118. The lowest BCUT2D eigenvalue weighted by molar-refractivity contribution is -0.286. The number of alkyl halides is 2. The third-order valence-corrected chi connectivity index (χ3v) is 3.83. The number of hydrogen-bond donors (Lipinski definition) is 3. The predicted molar refractivity (Wildman–Crippen MR) is 89.4 cm³/mol. The third kappa shape index (κ3) is 3.12. The topological polar surface area (TPSA) is 109 Å². The number of carbonyl (C=O) groups is 1. The summed E-state index contributed by atoms with van der Waals surface area (Å²) in [6.45, 7) is 1.77. The number of aryl methyl sites for hydroxylation is 1. The second-order valence-corrected chi connectivity index (χ2v) is 5.76. The number of fused-ring (bicyclic) bond motifs is 1. The highest BCUT2D eigenvalue weighted by Gasteiger charge is 2.44. The van der Waals surface area contributed by atoms with Gasteiger partial charge in [0.1, 0.15) is 5.69 Å². The first-order valence-corrected chi connectivity index (χ1v) is 7.74. The van der Waals surface area contributed by atoms with Crippen molar-refractivity contribution in [3.8, 4) is 22.8 Å². The minimum Gasteiger partial charge on any atom is -0.477 e. The first kappa shape index (κ1) is 16.8. The van der Waals surface area contributed by atoms with Crippen molar-refractivity contribution in [3.63, 3.8) is 0 Å². The van der Waals surface area contributed by atoms with Gasteiger partial charge in [-0.05, 0) is 30.7 Å². The number of carboxylic acids is 1. The molecule has 0 unspecified atom stereocenters. The number of aromatic nitrogens is 3. The third-order valence-electron chi connectivity index (χ3n) is 3.83. The van der Waals surface area contributed by atoms with Crippen molar-refractivity contribution in [1.82, 2.24) is 15.0 Å². The van der Waals surface area contributed by atoms with E-state index in [4.69, 9.17) is 5.11 Å². The normalized spacial score (nSPS) is 14.2. The van der Waals surface area contributed by atoms with Crippen molar-refractivity contribution in [2.45, 2.75) is 13.2 Å². The fourth-order valence-electron chi connectivity index (χ4n) is 2.64. The van der Waals surface area contributed by atoms with Crippen molar-refractivity contribution >= 4 is 17.6 Å². The molecule has 1 aliphatic rings. The van der Waals surface area contributed by atoms with Crippen molar-refractivity contribution < 1.29 is 28.2 Å². The van der Waals surface area contributed by atoms with E-state index in [0.717, 1.165) is 0 Å². The van der Waals surface area contributed by atoms with Crippen LogP contribution in [0.4, 0.5) is 20.4 Å². The van der Waals surface area contributed by atoms with Crippen LogP contribution in [0, 0.1) is 6.92 Å². The average Bonchev–Trinajstić information content (AvgIpc) is 3.20. The van der Waals surface area contributed by atoms with Gasteiger partial charge in [-0.3, -0.25) is 0 Å². The van der Waals surface area contributed by atoms with Crippen LogP contribution in [-0.4, -0.2) is 32.3 Å². The molecule has 27 heavy (non-hydrogen) atoms. The Bertz CT molecular complexity index is 1050. The molecule has 3 aromatic rings. The number of carboxylic acid groups (broad SMARTS) is 1. The van der Waals surface area contributed by atoms with Crippen LogP contribution < -0.4 is 14.8 Å². The van der Waals surface area contributed by atoms with Crippen LogP contribution in [0.15, 0.2) is 36.7 Å². The summed E-state index contributed by atoms with van der Waals surface area (Å²) in [6, 6.07) is 5.84. The van der Waals surface area contributed by atoms with Gasteiger partial charge in [-0.1, -0.05) is 6.07 Å². The van der Waals surface area contributed by atoms with E-state index in [-0.39, 0.29) is 28.8 Å². The number of nitrogens with zero attached hydrogens (tertiary/aromatic N) is 2. The molecule has 0 bridgehead atoms. The molecule has 0 saturated carbocycles. The van der Waals surface area contributed by atoms with Crippen molar-refractivity contribution in [1.29, 1.82) is 0 Å². The van der Waals surface area contributed by atoms with Gasteiger partial charge in [0.25, 0.3) is 0 Å². The number of para-hydroxylation sites is 1. The van der Waals surface area contributed by atoms with Crippen LogP contribution in [-0.2, 0) is 0 Å². The summed E-state index contributed by atoms with van der Waals surface area (Å²) in [6.07, 6.45) is -0.689. The largest absolute Gasteiger partial charge is 0.586 e. The van der Waals surface area contributed by atoms with Gasteiger partial charge < -0.3 is 24.9 Å². The lowest BCUT2D eigenvalue weighted by Crippen LogP contribution is -2.26. The Morgan fingerprint density at radius 3 is 2.89 bits per heavy atom. The predicted octanol–water partition coefficient (Wildman–Crippen LogP) is 3.54. The molecule has 3 heterocycles. The highest BCUT2D eigenvalue weighted by Crippen LogP contribution is 2.46. The van der Waals surface area contributed by atoms with Gasteiger partial charge in [-0.25, -0.2) is 14.8 Å². The molecule has 4 rings (SSSR count). The van der Waals surface area contributed by atoms with E-state index >= 15 is 0 Å². The van der Waals surface area contributed by atoms with E-state index in [1.165, 1.54) is 36.7 Å². The Hall–Kier alpha value is -3.69. The van der Waals surface area contributed by atoms with E-state index in [1.54, 1.807) is 6.92 Å². The van der Waals surface area contributed by atoms with E-state index < -0.39 is 12.3 Å². The van der Waals surface area contributed by atoms with E-state index in [1.807, 2.05) is 0 Å². The van der Waals surface area contributed by atoms with Crippen LogP contribution in [0.1, 0.15) is 16.1 Å². The molecular weight excluding hydrogens is 362 g/mol. The molecule has 0 aliphatic carbocycles. The van der Waals surface area contributed by atoms with Gasteiger partial charge in [-0.2, -0.15) is 0 Å². The van der Waals surface area contributed by atoms with Crippen molar-refractivity contribution in [2.24, 2.45) is 0 Å². The summed E-state index contributed by atoms with van der Waals surface area (Å²) in [5, 5.41) is 11.9. The Balaban J connectivity index is 1.67. The molecule has 1 aromatic carbocycles. The summed E-state index contributed by atoms with van der Waals surface area (Å²) in [5.41, 5.74) is 1.98. The number of hydrogen-bond acceptors (Lipinski definition) is 6. The second kappa shape index (κ2) is 5.94. The first-order valence-electron chi connectivity index (χ1n) is 7.74. The van der Waals surface area contributed by atoms with Crippen LogP contribution in [0.5, 0.6) is 11.5 Å². The summed E-state index contributed by atoms with van der Waals surface area (Å²) >= 11 is 0. The quantitative estimate of drug-likeness (QED) is 0.641. The maximum absolute atomic E-state index is 13.3. The lowest BCUT2D eigenvalue weighted by atomic mass is 10.1. The molecule has 8 nitrogen and oxygen atoms in total. The number of rotatable bonds is 4. The molecule has 0 saturated heterocycles. The Kier molecular flexibility index (Phi) is 3.69. The van der Waals surface area contributed by atoms with Gasteiger partial charge in [-0.15, -0.1) is 8.78 Å². The number of aromatic carboxylic acids is 1. The van der Waals surface area contributed by atoms with E-state index in [0.29, 0.717) is 16.8 Å². The van der Waals surface area contributed by atoms with E-state index in [2.05, 4.69) is 29.7 Å². The van der Waals surface area contributed by atoms with Gasteiger partial charge in [0.05, 0.1) is 11.4 Å². The number of aromatic amines is 1. The second-order valence-electron chi connectivity index (χ2n) is 5.76. The minimum atomic E-state index is -3.74. The van der Waals surface area contributed by atoms with Gasteiger partial charge >= 0.3 is 12.3 Å². The molecule has 2 aromatic heterocycles. The zero-order chi connectivity index (χ0) is 19.2. The first-order chi connectivity index (χ1) is 12.8. The van der Waals surface area contributed by atoms with Gasteiger partial charge in [0, 0.05) is 18.0 Å². The van der Waals surface area contributed by atoms with Crippen LogP contribution >= 0.6 is 0 Å². The molecule has 10 heteroatoms. The van der Waals surface area contributed by atoms with Crippen LogP contribution in [0.25, 0.3) is 11.3 Å². The summed E-state index contributed by atoms with van der Waals surface area (Å²) in [5.74, 6) is -1.22. The fourth-order valence-corrected chi connectivity index (χ4v) is 2.64. The molecule has 3 N–H and O–H groups in total. The molecule has 0 spiro atoms. The number of halogens is 2. The molecule has 138 valence electrons. The molecule has 0 amide bonds. The molecule has 1 aliphatic heterocycles. The molecular formula is C17H12F2N4O4. The highest BCUT2D eigenvalue weighted by molar-refractivity contribution is 5.87. The standard InChI is InChI=1S/C17H12F2N4O4/c1-8-6-21-16(23-13(8)9-5-11(15(24)25)20-7-9)22-10-3-2-4-12-14(10)27-17(18,19)26-12/h2-7,20H,1H3,(H,24,25)(H,21,22,23). The van der Waals surface area contributed by atoms with Crippen molar-refractivity contribution in [3.05, 3.63) is 47.9 Å².